The molecule has 2 rings (SSSR count). The van der Waals surface area contributed by atoms with Crippen LogP contribution in [-0.2, 0) is 0 Å². The van der Waals surface area contributed by atoms with Gasteiger partial charge in [0, 0.05) is 17.8 Å². The standard InChI is InChI=1S/C12H12ClN3OS/c1-7(2)10-6-18-12(15-10)16-11(17)8-3-4-14-5-9(8)13/h3-7H,1-2H3,(H,15,16,17). The van der Waals surface area contributed by atoms with Gasteiger partial charge in [-0.15, -0.1) is 11.3 Å². The number of amides is 1. The van der Waals surface area contributed by atoms with Gasteiger partial charge in [-0.1, -0.05) is 25.4 Å². The second kappa shape index (κ2) is 5.46. The minimum atomic E-state index is -0.271. The minimum Gasteiger partial charge on any atom is -0.298 e. The third-order valence-electron chi connectivity index (χ3n) is 2.35. The fourth-order valence-corrected chi connectivity index (χ4v) is 2.40. The summed E-state index contributed by atoms with van der Waals surface area (Å²) in [5.41, 5.74) is 1.36. The van der Waals surface area contributed by atoms with E-state index in [9.17, 15) is 4.79 Å². The van der Waals surface area contributed by atoms with Gasteiger partial charge in [-0.05, 0) is 12.0 Å². The van der Waals surface area contributed by atoms with E-state index in [-0.39, 0.29) is 5.91 Å². The van der Waals surface area contributed by atoms with Gasteiger partial charge in [0.25, 0.3) is 5.91 Å². The average Bonchev–Trinajstić information content (AvgIpc) is 2.78. The van der Waals surface area contributed by atoms with Gasteiger partial charge < -0.3 is 0 Å². The number of hydrogen-bond acceptors (Lipinski definition) is 4. The van der Waals surface area contributed by atoms with Crippen LogP contribution in [0, 0.1) is 0 Å². The van der Waals surface area contributed by atoms with E-state index in [1.165, 1.54) is 23.7 Å². The van der Waals surface area contributed by atoms with E-state index in [1.807, 2.05) is 5.38 Å². The Hall–Kier alpha value is -1.46. The van der Waals surface area contributed by atoms with Gasteiger partial charge >= 0.3 is 0 Å². The zero-order chi connectivity index (χ0) is 13.1. The van der Waals surface area contributed by atoms with Gasteiger partial charge in [0.05, 0.1) is 16.3 Å². The van der Waals surface area contributed by atoms with E-state index in [1.54, 1.807) is 6.07 Å². The van der Waals surface area contributed by atoms with Crippen molar-refractivity contribution >= 4 is 34.0 Å². The van der Waals surface area contributed by atoms with Crippen molar-refractivity contribution in [2.24, 2.45) is 0 Å². The molecular formula is C12H12ClN3OS. The Labute approximate surface area is 114 Å². The summed E-state index contributed by atoms with van der Waals surface area (Å²) in [5, 5.41) is 5.58. The predicted octanol–water partition coefficient (Wildman–Crippen LogP) is 3.57. The van der Waals surface area contributed by atoms with Gasteiger partial charge in [0.15, 0.2) is 5.13 Å². The number of anilines is 1. The predicted molar refractivity (Wildman–Crippen MR) is 73.4 cm³/mol. The maximum atomic E-state index is 12.0. The van der Waals surface area contributed by atoms with Crippen LogP contribution in [-0.4, -0.2) is 15.9 Å². The highest BCUT2D eigenvalue weighted by Crippen LogP contribution is 2.22. The highest BCUT2D eigenvalue weighted by atomic mass is 35.5. The molecule has 1 N–H and O–H groups in total. The van der Waals surface area contributed by atoms with Crippen molar-refractivity contribution in [3.63, 3.8) is 0 Å². The van der Waals surface area contributed by atoms with E-state index in [0.29, 0.717) is 21.6 Å². The SMILES string of the molecule is CC(C)c1csc(NC(=O)c2ccncc2Cl)n1. The number of halogens is 1. The maximum Gasteiger partial charge on any atom is 0.259 e. The molecule has 0 bridgehead atoms. The Balaban J connectivity index is 2.14. The van der Waals surface area contributed by atoms with Crippen LogP contribution in [0.2, 0.25) is 5.02 Å². The molecule has 2 heterocycles. The fraction of sp³-hybridized carbons (Fsp3) is 0.250. The van der Waals surface area contributed by atoms with E-state index in [4.69, 9.17) is 11.6 Å². The minimum absolute atomic E-state index is 0.271. The summed E-state index contributed by atoms with van der Waals surface area (Å²) in [6, 6.07) is 1.58. The van der Waals surface area contributed by atoms with Crippen molar-refractivity contribution in [3.05, 3.63) is 40.1 Å². The van der Waals surface area contributed by atoms with Crippen molar-refractivity contribution < 1.29 is 4.79 Å². The number of hydrogen-bond donors (Lipinski definition) is 1. The smallest absolute Gasteiger partial charge is 0.259 e. The Bertz CT molecular complexity index is 568. The summed E-state index contributed by atoms with van der Waals surface area (Å²) in [7, 11) is 0. The number of carbonyl (C=O) groups excluding carboxylic acids is 1. The van der Waals surface area contributed by atoms with Crippen LogP contribution in [0.15, 0.2) is 23.8 Å². The number of pyridine rings is 1. The molecule has 18 heavy (non-hydrogen) atoms. The number of nitrogens with zero attached hydrogens (tertiary/aromatic N) is 2. The second-order valence-corrected chi connectivity index (χ2v) is 5.31. The lowest BCUT2D eigenvalue weighted by Crippen LogP contribution is -2.12. The van der Waals surface area contributed by atoms with Gasteiger partial charge in [0.1, 0.15) is 0 Å². The van der Waals surface area contributed by atoms with E-state index in [0.717, 1.165) is 5.69 Å². The molecular weight excluding hydrogens is 270 g/mol. The zero-order valence-corrected chi connectivity index (χ0v) is 11.5. The first-order valence-corrected chi connectivity index (χ1v) is 6.70. The molecule has 94 valence electrons. The lowest BCUT2D eigenvalue weighted by Gasteiger charge is -2.03. The van der Waals surface area contributed by atoms with Crippen molar-refractivity contribution in [3.8, 4) is 0 Å². The molecule has 0 aromatic carbocycles. The number of nitrogens with one attached hydrogen (secondary N) is 1. The summed E-state index contributed by atoms with van der Waals surface area (Å²) < 4.78 is 0. The van der Waals surface area contributed by atoms with Crippen LogP contribution in [0.5, 0.6) is 0 Å². The molecule has 0 fully saturated rings. The normalized spacial score (nSPS) is 10.7. The summed E-state index contributed by atoms with van der Waals surface area (Å²) in [6.07, 6.45) is 2.97. The van der Waals surface area contributed by atoms with E-state index < -0.39 is 0 Å². The molecule has 2 aromatic heterocycles. The fourth-order valence-electron chi connectivity index (χ4n) is 1.33. The molecule has 0 saturated heterocycles. The highest BCUT2D eigenvalue weighted by molar-refractivity contribution is 7.14. The van der Waals surface area contributed by atoms with E-state index >= 15 is 0 Å². The maximum absolute atomic E-state index is 12.0. The molecule has 0 aliphatic heterocycles. The van der Waals surface area contributed by atoms with E-state index in [2.05, 4.69) is 29.1 Å². The first-order valence-electron chi connectivity index (χ1n) is 5.44. The summed E-state index contributed by atoms with van der Waals surface area (Å²) in [4.78, 5) is 20.1. The number of thiazole rings is 1. The lowest BCUT2D eigenvalue weighted by molar-refractivity contribution is 0.102. The average molecular weight is 282 g/mol. The summed E-state index contributed by atoms with van der Waals surface area (Å²) in [6.45, 7) is 4.11. The molecule has 0 spiro atoms. The van der Waals surface area contributed by atoms with Crippen LogP contribution in [0.25, 0.3) is 0 Å². The quantitative estimate of drug-likeness (QED) is 0.936. The van der Waals surface area contributed by atoms with Gasteiger partial charge in [0.2, 0.25) is 0 Å². The van der Waals surface area contributed by atoms with Crippen molar-refractivity contribution in [1.29, 1.82) is 0 Å². The van der Waals surface area contributed by atoms with Crippen molar-refractivity contribution in [2.75, 3.05) is 5.32 Å². The van der Waals surface area contributed by atoms with Crippen LogP contribution < -0.4 is 5.32 Å². The molecule has 1 amide bonds. The third-order valence-corrected chi connectivity index (χ3v) is 3.43. The molecule has 0 radical (unpaired) electrons. The second-order valence-electron chi connectivity index (χ2n) is 4.04. The molecule has 0 unspecified atom stereocenters. The Morgan fingerprint density at radius 1 is 1.50 bits per heavy atom. The molecule has 0 aliphatic rings. The first-order chi connectivity index (χ1) is 8.58. The largest absolute Gasteiger partial charge is 0.298 e. The molecule has 2 aromatic rings. The Morgan fingerprint density at radius 3 is 2.89 bits per heavy atom. The molecule has 0 aliphatic carbocycles. The van der Waals surface area contributed by atoms with Gasteiger partial charge in [-0.2, -0.15) is 0 Å². The summed E-state index contributed by atoms with van der Waals surface area (Å²) >= 11 is 7.31. The molecule has 0 saturated carbocycles. The van der Waals surface area contributed by atoms with Crippen LogP contribution in [0.4, 0.5) is 5.13 Å². The van der Waals surface area contributed by atoms with Crippen LogP contribution >= 0.6 is 22.9 Å². The zero-order valence-electron chi connectivity index (χ0n) is 9.98. The molecule has 6 heteroatoms. The molecule has 4 nitrogen and oxygen atoms in total. The number of carbonyl (C=O) groups is 1. The van der Waals surface area contributed by atoms with Gasteiger partial charge in [-0.3, -0.25) is 15.1 Å². The number of rotatable bonds is 3. The first kappa shape index (κ1) is 13.0. The number of aromatic nitrogens is 2. The topological polar surface area (TPSA) is 54.9 Å². The van der Waals surface area contributed by atoms with Crippen molar-refractivity contribution in [2.45, 2.75) is 19.8 Å². The Morgan fingerprint density at radius 2 is 2.28 bits per heavy atom. The highest BCUT2D eigenvalue weighted by Gasteiger charge is 2.13. The summed E-state index contributed by atoms with van der Waals surface area (Å²) in [5.74, 6) is 0.0727. The van der Waals surface area contributed by atoms with Gasteiger partial charge in [-0.25, -0.2) is 4.98 Å². The monoisotopic (exact) mass is 281 g/mol. The lowest BCUT2D eigenvalue weighted by atomic mass is 10.2. The third kappa shape index (κ3) is 2.86. The van der Waals surface area contributed by atoms with Crippen molar-refractivity contribution in [1.82, 2.24) is 9.97 Å². The molecule has 0 atom stereocenters. The van der Waals surface area contributed by atoms with Crippen LogP contribution in [0.3, 0.4) is 0 Å². The van der Waals surface area contributed by atoms with Crippen LogP contribution in [0.1, 0.15) is 35.8 Å². The Kier molecular flexibility index (Phi) is 3.93.